The molecule has 0 amide bonds. The van der Waals surface area contributed by atoms with Crippen LogP contribution in [0.4, 0.5) is 5.95 Å². The Kier molecular flexibility index (Phi) is 4.50. The molecule has 1 aromatic heterocycles. The maximum Gasteiger partial charge on any atom is 0.259 e. The number of fused-ring (bicyclic) bond motifs is 4. The predicted octanol–water partition coefficient (Wildman–Crippen LogP) is 3.80. The summed E-state index contributed by atoms with van der Waals surface area (Å²) in [5, 5.41) is 12.6. The molecule has 2 aromatic rings. The topological polar surface area (TPSA) is 67.2 Å². The van der Waals surface area contributed by atoms with Crippen molar-refractivity contribution in [2.24, 2.45) is 0 Å². The normalized spacial score (nSPS) is 20.3. The third-order valence-corrected chi connectivity index (χ3v) is 7.09. The predicted molar refractivity (Wildman–Crippen MR) is 111 cm³/mol. The van der Waals surface area contributed by atoms with Crippen LogP contribution in [0.5, 0.6) is 0 Å². The molecule has 2 N–H and O–H groups in total. The lowest BCUT2D eigenvalue weighted by Gasteiger charge is -2.37. The number of nitrogens with one attached hydrogen (secondary N) is 1. The van der Waals surface area contributed by atoms with Crippen LogP contribution in [-0.2, 0) is 11.8 Å². The summed E-state index contributed by atoms with van der Waals surface area (Å²) >= 11 is 0. The molecule has 0 unspecified atom stereocenters. The zero-order valence-electron chi connectivity index (χ0n) is 16.4. The Morgan fingerprint density at radius 3 is 2.64 bits per heavy atom. The number of aromatic nitrogens is 2. The fourth-order valence-electron chi connectivity index (χ4n) is 5.84. The molecule has 0 aliphatic heterocycles. The molecule has 0 radical (unpaired) electrons. The molecule has 0 saturated heterocycles. The molecule has 1 heterocycles. The minimum Gasteiger partial charge on any atom is -0.395 e. The second-order valence-electron chi connectivity index (χ2n) is 8.74. The van der Waals surface area contributed by atoms with Gasteiger partial charge in [0.2, 0.25) is 5.95 Å². The number of nitrogens with zero attached hydrogens (tertiary/aromatic N) is 2. The lowest BCUT2D eigenvalue weighted by molar-refractivity contribution is 0.310. The van der Waals surface area contributed by atoms with Gasteiger partial charge in [-0.05, 0) is 37.7 Å². The molecule has 2 saturated carbocycles. The quantitative estimate of drug-likeness (QED) is 0.848. The highest BCUT2D eigenvalue weighted by Gasteiger charge is 2.45. The van der Waals surface area contributed by atoms with Gasteiger partial charge in [0.15, 0.2) is 0 Å². The van der Waals surface area contributed by atoms with Crippen LogP contribution in [0.2, 0.25) is 0 Å². The van der Waals surface area contributed by atoms with Gasteiger partial charge in [-0.25, -0.2) is 4.98 Å². The molecule has 0 atom stereocenters. The highest BCUT2D eigenvalue weighted by molar-refractivity contribution is 5.72. The van der Waals surface area contributed by atoms with Gasteiger partial charge in [0.05, 0.1) is 17.9 Å². The maximum atomic E-state index is 14.0. The van der Waals surface area contributed by atoms with E-state index in [9.17, 15) is 9.90 Å². The molecule has 2 fully saturated rings. The van der Waals surface area contributed by atoms with E-state index >= 15 is 0 Å². The van der Waals surface area contributed by atoms with Crippen molar-refractivity contribution in [1.29, 1.82) is 0 Å². The number of anilines is 1. The summed E-state index contributed by atoms with van der Waals surface area (Å²) in [5.74, 6) is 0.634. The van der Waals surface area contributed by atoms with Crippen LogP contribution in [0.15, 0.2) is 29.1 Å². The standard InChI is InChI=1S/C23H29N3O2/c27-14-13-24-22-25-20-18-10-4-1-7-16(18)15-23(11-5-6-12-23)19(20)21(28)26(22)17-8-2-3-9-17/h1,4,7,10,17,27H,2-3,5-6,8-9,11-15H2,(H,24,25). The number of hydrogen-bond donors (Lipinski definition) is 2. The minimum absolute atomic E-state index is 0.0259. The van der Waals surface area contributed by atoms with Crippen molar-refractivity contribution in [3.8, 4) is 11.3 Å². The third-order valence-electron chi connectivity index (χ3n) is 7.09. The van der Waals surface area contributed by atoms with Crippen molar-refractivity contribution >= 4 is 5.95 Å². The van der Waals surface area contributed by atoms with Crippen LogP contribution in [0, 0.1) is 0 Å². The van der Waals surface area contributed by atoms with E-state index in [0.29, 0.717) is 12.5 Å². The molecule has 5 heteroatoms. The van der Waals surface area contributed by atoms with Gasteiger partial charge >= 0.3 is 0 Å². The van der Waals surface area contributed by atoms with E-state index in [-0.39, 0.29) is 23.6 Å². The van der Waals surface area contributed by atoms with Crippen LogP contribution in [-0.4, -0.2) is 27.8 Å². The highest BCUT2D eigenvalue weighted by atomic mass is 16.3. The average molecular weight is 380 g/mol. The molecule has 3 aliphatic rings. The summed E-state index contributed by atoms with van der Waals surface area (Å²) in [5.41, 5.74) is 4.37. The highest BCUT2D eigenvalue weighted by Crippen LogP contribution is 2.50. The van der Waals surface area contributed by atoms with E-state index < -0.39 is 0 Å². The number of aliphatic hydroxyl groups is 1. The molecule has 3 aliphatic carbocycles. The SMILES string of the molecule is O=c1c2c(nc(NCCO)n1C1CCCC1)-c1ccccc1CC21CCCC1. The first-order chi connectivity index (χ1) is 13.7. The van der Waals surface area contributed by atoms with Crippen molar-refractivity contribution in [3.63, 3.8) is 0 Å². The van der Waals surface area contributed by atoms with E-state index in [0.717, 1.165) is 48.9 Å². The van der Waals surface area contributed by atoms with Crippen LogP contribution in [0.3, 0.4) is 0 Å². The first kappa shape index (κ1) is 17.9. The smallest absolute Gasteiger partial charge is 0.259 e. The summed E-state index contributed by atoms with van der Waals surface area (Å²) in [6.45, 7) is 0.433. The van der Waals surface area contributed by atoms with Gasteiger partial charge in [-0.1, -0.05) is 49.9 Å². The Labute approximate surface area is 165 Å². The Morgan fingerprint density at radius 1 is 1.14 bits per heavy atom. The number of aliphatic hydroxyl groups excluding tert-OH is 1. The van der Waals surface area contributed by atoms with Crippen molar-refractivity contribution in [3.05, 3.63) is 45.7 Å². The lowest BCUT2D eigenvalue weighted by Crippen LogP contribution is -2.41. The number of benzene rings is 1. The third kappa shape index (κ3) is 2.71. The molecular formula is C23H29N3O2. The Hall–Kier alpha value is -2.14. The van der Waals surface area contributed by atoms with Crippen LogP contribution >= 0.6 is 0 Å². The molecule has 5 nitrogen and oxygen atoms in total. The molecule has 148 valence electrons. The summed E-state index contributed by atoms with van der Waals surface area (Å²) in [7, 11) is 0. The Bertz CT molecular complexity index is 937. The van der Waals surface area contributed by atoms with Crippen molar-refractivity contribution in [1.82, 2.24) is 9.55 Å². The Morgan fingerprint density at radius 2 is 1.89 bits per heavy atom. The summed E-state index contributed by atoms with van der Waals surface area (Å²) in [6.07, 6.45) is 9.92. The fourth-order valence-corrected chi connectivity index (χ4v) is 5.84. The summed E-state index contributed by atoms with van der Waals surface area (Å²) < 4.78 is 1.94. The molecule has 1 aromatic carbocycles. The first-order valence-electron chi connectivity index (χ1n) is 10.8. The van der Waals surface area contributed by atoms with Gasteiger partial charge in [-0.3, -0.25) is 9.36 Å². The van der Waals surface area contributed by atoms with Gasteiger partial charge in [-0.2, -0.15) is 0 Å². The van der Waals surface area contributed by atoms with Gasteiger partial charge in [0, 0.05) is 23.6 Å². The average Bonchev–Trinajstić information content (AvgIpc) is 3.39. The van der Waals surface area contributed by atoms with Crippen LogP contribution in [0.1, 0.15) is 68.5 Å². The zero-order valence-corrected chi connectivity index (χ0v) is 16.4. The maximum absolute atomic E-state index is 14.0. The molecular weight excluding hydrogens is 350 g/mol. The summed E-state index contributed by atoms with van der Waals surface area (Å²) in [6, 6.07) is 8.67. The summed E-state index contributed by atoms with van der Waals surface area (Å²) in [4.78, 5) is 19.0. The first-order valence-corrected chi connectivity index (χ1v) is 10.8. The van der Waals surface area contributed by atoms with Crippen molar-refractivity contribution < 1.29 is 5.11 Å². The van der Waals surface area contributed by atoms with Gasteiger partial charge in [0.1, 0.15) is 0 Å². The molecule has 5 rings (SSSR count). The van der Waals surface area contributed by atoms with Gasteiger partial charge in [0.25, 0.3) is 5.56 Å². The fraction of sp³-hybridized carbons (Fsp3) is 0.565. The van der Waals surface area contributed by atoms with Crippen molar-refractivity contribution in [2.45, 2.75) is 69.2 Å². The molecule has 28 heavy (non-hydrogen) atoms. The van der Waals surface area contributed by atoms with Gasteiger partial charge < -0.3 is 10.4 Å². The monoisotopic (exact) mass is 379 g/mol. The van der Waals surface area contributed by atoms with Crippen LogP contribution in [0.25, 0.3) is 11.3 Å². The van der Waals surface area contributed by atoms with E-state index in [1.165, 1.54) is 31.2 Å². The molecule has 0 bridgehead atoms. The number of hydrogen-bond acceptors (Lipinski definition) is 4. The number of rotatable bonds is 4. The van der Waals surface area contributed by atoms with Crippen LogP contribution < -0.4 is 10.9 Å². The molecule has 1 spiro atoms. The van der Waals surface area contributed by atoms with Gasteiger partial charge in [-0.15, -0.1) is 0 Å². The lowest BCUT2D eigenvalue weighted by atomic mass is 9.68. The largest absolute Gasteiger partial charge is 0.395 e. The van der Waals surface area contributed by atoms with E-state index in [1.54, 1.807) is 0 Å². The second kappa shape index (κ2) is 7.03. The van der Waals surface area contributed by atoms with Crippen molar-refractivity contribution in [2.75, 3.05) is 18.5 Å². The van der Waals surface area contributed by atoms with E-state index in [1.807, 2.05) is 10.6 Å². The second-order valence-corrected chi connectivity index (χ2v) is 8.74. The van der Waals surface area contributed by atoms with E-state index in [2.05, 4.69) is 23.5 Å². The Balaban J connectivity index is 1.77. The minimum atomic E-state index is -0.0520. The van der Waals surface area contributed by atoms with E-state index in [4.69, 9.17) is 4.98 Å². The zero-order chi connectivity index (χ0) is 19.1.